The lowest BCUT2D eigenvalue weighted by Crippen LogP contribution is -2.40. The number of thioether (sulfide) groups is 1. The highest BCUT2D eigenvalue weighted by Gasteiger charge is 2.25. The summed E-state index contributed by atoms with van der Waals surface area (Å²) in [6.07, 6.45) is 4.92. The van der Waals surface area contributed by atoms with Crippen molar-refractivity contribution in [1.82, 2.24) is 14.8 Å². The van der Waals surface area contributed by atoms with E-state index in [0.29, 0.717) is 34.3 Å². The average Bonchev–Trinajstić information content (AvgIpc) is 3.23. The SMILES string of the molecule is [C-]#[N+]c1c(N2CCC(N)CC2)nc(SCc2cnn(CC(O)CO)c2)c(C#N)c1CC. The monoisotopic (exact) mass is 441 g/mol. The maximum atomic E-state index is 9.81. The third-order valence-electron chi connectivity index (χ3n) is 5.31. The van der Waals surface area contributed by atoms with Gasteiger partial charge in [-0.3, -0.25) is 4.68 Å². The van der Waals surface area contributed by atoms with Crippen LogP contribution in [-0.2, 0) is 18.7 Å². The molecule has 0 aromatic carbocycles. The highest BCUT2D eigenvalue weighted by molar-refractivity contribution is 7.98. The van der Waals surface area contributed by atoms with E-state index in [1.165, 1.54) is 11.8 Å². The van der Waals surface area contributed by atoms with Crippen LogP contribution in [0.2, 0.25) is 0 Å². The number of aliphatic hydroxyl groups is 2. The Morgan fingerprint density at radius 3 is 2.81 bits per heavy atom. The molecular weight excluding hydrogens is 414 g/mol. The number of nitrogens with two attached hydrogens (primary N) is 1. The Kier molecular flexibility index (Phi) is 7.88. The minimum atomic E-state index is -0.860. The largest absolute Gasteiger partial charge is 0.394 e. The van der Waals surface area contributed by atoms with Crippen LogP contribution in [-0.4, -0.2) is 56.8 Å². The van der Waals surface area contributed by atoms with E-state index in [9.17, 15) is 10.4 Å². The quantitative estimate of drug-likeness (QED) is 0.418. The lowest BCUT2D eigenvalue weighted by molar-refractivity contribution is 0.0782. The lowest BCUT2D eigenvalue weighted by Gasteiger charge is -2.32. The molecular formula is C21H27N7O2S. The Bertz CT molecular complexity index is 987. The third-order valence-corrected chi connectivity index (χ3v) is 6.35. The molecule has 0 saturated carbocycles. The molecule has 0 aliphatic carbocycles. The van der Waals surface area contributed by atoms with E-state index in [2.05, 4.69) is 20.9 Å². The molecule has 0 spiro atoms. The molecule has 1 atom stereocenters. The van der Waals surface area contributed by atoms with Crippen molar-refractivity contribution in [3.8, 4) is 6.07 Å². The van der Waals surface area contributed by atoms with Crippen LogP contribution in [0, 0.1) is 17.9 Å². The zero-order valence-electron chi connectivity index (χ0n) is 17.5. The summed E-state index contributed by atoms with van der Waals surface area (Å²) in [6, 6.07) is 2.43. The molecule has 9 nitrogen and oxygen atoms in total. The van der Waals surface area contributed by atoms with Gasteiger partial charge in [-0.15, -0.1) is 11.8 Å². The van der Waals surface area contributed by atoms with E-state index in [0.717, 1.165) is 37.1 Å². The summed E-state index contributed by atoms with van der Waals surface area (Å²) in [5.74, 6) is 1.18. The van der Waals surface area contributed by atoms with Gasteiger partial charge in [-0.25, -0.2) is 9.83 Å². The first-order valence-corrected chi connectivity index (χ1v) is 11.3. The van der Waals surface area contributed by atoms with E-state index in [-0.39, 0.29) is 19.2 Å². The van der Waals surface area contributed by atoms with Crippen molar-refractivity contribution in [3.63, 3.8) is 0 Å². The van der Waals surface area contributed by atoms with Crippen LogP contribution in [0.4, 0.5) is 11.5 Å². The smallest absolute Gasteiger partial charge is 0.232 e. The summed E-state index contributed by atoms with van der Waals surface area (Å²) in [6.45, 7) is 11.0. The van der Waals surface area contributed by atoms with E-state index >= 15 is 0 Å². The van der Waals surface area contributed by atoms with E-state index < -0.39 is 6.10 Å². The number of rotatable bonds is 8. The summed E-state index contributed by atoms with van der Waals surface area (Å²) in [7, 11) is 0. The van der Waals surface area contributed by atoms with Gasteiger partial charge >= 0.3 is 0 Å². The topological polar surface area (TPSA) is 129 Å². The molecule has 3 rings (SSSR count). The number of pyridine rings is 1. The number of nitriles is 1. The predicted octanol–water partition coefficient (Wildman–Crippen LogP) is 1.84. The molecule has 2 aromatic rings. The van der Waals surface area contributed by atoms with Gasteiger partial charge in [-0.1, -0.05) is 6.92 Å². The van der Waals surface area contributed by atoms with E-state index in [4.69, 9.17) is 22.4 Å². The second kappa shape index (κ2) is 10.6. The minimum Gasteiger partial charge on any atom is -0.394 e. The number of hydrogen-bond donors (Lipinski definition) is 3. The Labute approximate surface area is 186 Å². The zero-order chi connectivity index (χ0) is 22.4. The van der Waals surface area contributed by atoms with Crippen molar-refractivity contribution in [1.29, 1.82) is 5.26 Å². The summed E-state index contributed by atoms with van der Waals surface area (Å²) in [5.41, 5.74) is 8.61. The number of anilines is 1. The minimum absolute atomic E-state index is 0.173. The molecule has 10 heteroatoms. The molecule has 0 amide bonds. The van der Waals surface area contributed by atoms with Crippen molar-refractivity contribution < 1.29 is 10.2 Å². The Morgan fingerprint density at radius 2 is 2.19 bits per heavy atom. The van der Waals surface area contributed by atoms with Crippen molar-refractivity contribution in [3.05, 3.63) is 40.5 Å². The molecule has 1 saturated heterocycles. The van der Waals surface area contributed by atoms with Crippen LogP contribution in [0.5, 0.6) is 0 Å². The first kappa shape index (κ1) is 23.0. The van der Waals surface area contributed by atoms with Gasteiger partial charge in [0.05, 0.1) is 37.6 Å². The molecule has 1 unspecified atom stereocenters. The van der Waals surface area contributed by atoms with Gasteiger partial charge < -0.3 is 20.8 Å². The standard InChI is InChI=1S/C21H27N7O2S/c1-3-17-18(8-22)21(31-13-14-9-25-28(10-14)11-16(30)12-29)26-20(19(17)24-2)27-6-4-15(23)5-7-27/h9-10,15-16,29-30H,3-7,11-13,23H2,1H3. The summed E-state index contributed by atoms with van der Waals surface area (Å²) < 4.78 is 1.58. The van der Waals surface area contributed by atoms with E-state index in [1.807, 2.05) is 6.92 Å². The first-order chi connectivity index (χ1) is 15.0. The van der Waals surface area contributed by atoms with Crippen LogP contribution in [0.1, 0.15) is 36.5 Å². The molecule has 2 aromatic heterocycles. The summed E-state index contributed by atoms with van der Waals surface area (Å²) >= 11 is 1.44. The summed E-state index contributed by atoms with van der Waals surface area (Å²) in [4.78, 5) is 10.6. The normalized spacial score (nSPS) is 15.5. The predicted molar refractivity (Wildman–Crippen MR) is 119 cm³/mol. The Morgan fingerprint density at radius 1 is 1.45 bits per heavy atom. The molecule has 0 bridgehead atoms. The van der Waals surface area contributed by atoms with Crippen LogP contribution in [0.3, 0.4) is 0 Å². The highest BCUT2D eigenvalue weighted by atomic mass is 32.2. The molecule has 1 aliphatic rings. The molecule has 31 heavy (non-hydrogen) atoms. The van der Waals surface area contributed by atoms with E-state index in [1.54, 1.807) is 17.1 Å². The van der Waals surface area contributed by atoms with Crippen LogP contribution in [0.25, 0.3) is 4.85 Å². The van der Waals surface area contributed by atoms with Crippen LogP contribution >= 0.6 is 11.8 Å². The van der Waals surface area contributed by atoms with Crippen molar-refractivity contribution in [2.75, 3.05) is 24.6 Å². The lowest BCUT2D eigenvalue weighted by atomic mass is 10.0. The van der Waals surface area contributed by atoms with Crippen molar-refractivity contribution in [2.45, 2.75) is 55.7 Å². The van der Waals surface area contributed by atoms with Crippen LogP contribution in [0.15, 0.2) is 17.4 Å². The third kappa shape index (κ3) is 5.35. The Hall–Kier alpha value is -2.63. The first-order valence-electron chi connectivity index (χ1n) is 10.3. The van der Waals surface area contributed by atoms with Gasteiger partial charge in [0.2, 0.25) is 5.69 Å². The molecule has 3 heterocycles. The second-order valence-corrected chi connectivity index (χ2v) is 8.50. The van der Waals surface area contributed by atoms with Gasteiger partial charge in [-0.2, -0.15) is 10.4 Å². The van der Waals surface area contributed by atoms with Gasteiger partial charge in [-0.05, 0) is 24.8 Å². The molecule has 0 radical (unpaired) electrons. The van der Waals surface area contributed by atoms with Gasteiger partial charge in [0.15, 0.2) is 0 Å². The van der Waals surface area contributed by atoms with Crippen molar-refractivity contribution in [2.24, 2.45) is 5.73 Å². The number of aliphatic hydroxyl groups excluding tert-OH is 2. The Balaban J connectivity index is 1.88. The number of aromatic nitrogens is 3. The maximum Gasteiger partial charge on any atom is 0.232 e. The second-order valence-electron chi connectivity index (χ2n) is 7.54. The number of hydrogen-bond acceptors (Lipinski definition) is 8. The fourth-order valence-electron chi connectivity index (χ4n) is 3.61. The molecule has 164 valence electrons. The summed E-state index contributed by atoms with van der Waals surface area (Å²) in [5, 5.41) is 33.2. The van der Waals surface area contributed by atoms with Gasteiger partial charge in [0, 0.05) is 36.6 Å². The fraction of sp³-hybridized carbons (Fsp3) is 0.524. The fourth-order valence-corrected chi connectivity index (χ4v) is 4.52. The highest BCUT2D eigenvalue weighted by Crippen LogP contribution is 2.39. The van der Waals surface area contributed by atoms with Crippen LogP contribution < -0.4 is 10.6 Å². The molecule has 4 N–H and O–H groups in total. The van der Waals surface area contributed by atoms with Gasteiger partial charge in [0.25, 0.3) is 0 Å². The number of piperidine rings is 1. The average molecular weight is 442 g/mol. The number of nitrogens with zero attached hydrogens (tertiary/aromatic N) is 6. The molecule has 1 fully saturated rings. The molecule has 1 aliphatic heterocycles. The zero-order valence-corrected chi connectivity index (χ0v) is 18.3. The van der Waals surface area contributed by atoms with Gasteiger partial charge in [0.1, 0.15) is 16.9 Å². The van der Waals surface area contributed by atoms with Crippen molar-refractivity contribution >= 4 is 23.3 Å². The maximum absolute atomic E-state index is 9.81.